The summed E-state index contributed by atoms with van der Waals surface area (Å²) in [5.41, 5.74) is 3.93. The molecule has 0 aliphatic heterocycles. The molecule has 0 spiro atoms. The molecule has 0 atom stereocenters. The zero-order chi connectivity index (χ0) is 31.4. The minimum absolute atomic E-state index is 0.0706. The van der Waals surface area contributed by atoms with E-state index in [9.17, 15) is 14.9 Å². The Morgan fingerprint density at radius 2 is 1.43 bits per heavy atom. The van der Waals surface area contributed by atoms with Gasteiger partial charge < -0.3 is 44.0 Å². The van der Waals surface area contributed by atoms with Crippen molar-refractivity contribution in [2.75, 3.05) is 83.9 Å². The molecule has 0 saturated carbocycles. The van der Waals surface area contributed by atoms with Gasteiger partial charge >= 0.3 is 0 Å². The molecule has 0 aliphatic rings. The van der Waals surface area contributed by atoms with E-state index in [1.54, 1.807) is 12.3 Å². The van der Waals surface area contributed by atoms with Crippen molar-refractivity contribution >= 4 is 40.4 Å². The number of aromatic nitrogens is 1. The molecule has 0 fully saturated rings. The van der Waals surface area contributed by atoms with Gasteiger partial charge in [0.15, 0.2) is 0 Å². The molecule has 2 amide bonds. The lowest BCUT2D eigenvalue weighted by Gasteiger charge is -2.10. The van der Waals surface area contributed by atoms with E-state index < -0.39 is 0 Å². The van der Waals surface area contributed by atoms with Gasteiger partial charge in [-0.3, -0.25) is 9.59 Å². The second-order valence-corrected chi connectivity index (χ2v) is 10.4. The van der Waals surface area contributed by atoms with Gasteiger partial charge in [-0.1, -0.05) is 12.1 Å². The minimum atomic E-state index is -0.177. The zero-order valence-electron chi connectivity index (χ0n) is 25.2. The van der Waals surface area contributed by atoms with Crippen LogP contribution >= 0.6 is 11.9 Å². The summed E-state index contributed by atoms with van der Waals surface area (Å²) >= 11 is 1.39. The number of benzene rings is 2. The van der Waals surface area contributed by atoms with Crippen molar-refractivity contribution in [1.29, 1.82) is 5.26 Å². The number of nitrogens with zero attached hydrogens (tertiary/aromatic N) is 1. The number of hydrogen-bond acceptors (Lipinski definition) is 10. The van der Waals surface area contributed by atoms with Gasteiger partial charge in [-0.25, -0.2) is 0 Å². The lowest BCUT2D eigenvalue weighted by molar-refractivity contribution is -0.119. The van der Waals surface area contributed by atoms with Crippen molar-refractivity contribution in [2.24, 2.45) is 0 Å². The number of amides is 2. The highest BCUT2D eigenvalue weighted by molar-refractivity contribution is 8.00. The zero-order valence-corrected chi connectivity index (χ0v) is 26.1. The van der Waals surface area contributed by atoms with E-state index in [0.717, 1.165) is 27.0 Å². The third-order valence-electron chi connectivity index (χ3n) is 6.18. The predicted molar refractivity (Wildman–Crippen MR) is 169 cm³/mol. The summed E-state index contributed by atoms with van der Waals surface area (Å²) in [6.07, 6.45) is 1.71. The van der Waals surface area contributed by atoms with Crippen LogP contribution in [0.2, 0.25) is 0 Å². The Morgan fingerprint density at radius 1 is 0.841 bits per heavy atom. The standard InChI is InChI=1S/C31H41N5O7S/c1-23-6-7-28(30-29(23)26(21-32)22-35-30)36-44-27-5-3-4-25(20-27)31(38)34-9-11-40-13-15-42-17-19-43-18-16-41-14-12-39-10-8-33-24(2)37/h3-7,20,22,35-36H,8-19H2,1-2H3,(H,33,37)(H,34,38). The predicted octanol–water partition coefficient (Wildman–Crippen LogP) is 3.42. The number of ether oxygens (including phenoxy) is 5. The molecule has 4 N–H and O–H groups in total. The highest BCUT2D eigenvalue weighted by Crippen LogP contribution is 2.31. The van der Waals surface area contributed by atoms with Crippen LogP contribution in [0.4, 0.5) is 5.69 Å². The molecule has 44 heavy (non-hydrogen) atoms. The number of carbonyl (C=O) groups is 2. The van der Waals surface area contributed by atoms with Crippen LogP contribution in [0.5, 0.6) is 0 Å². The molecule has 1 heterocycles. The average molecular weight is 628 g/mol. The molecule has 13 heteroatoms. The molecule has 12 nitrogen and oxygen atoms in total. The van der Waals surface area contributed by atoms with Crippen LogP contribution in [0, 0.1) is 18.3 Å². The topological polar surface area (TPSA) is 156 Å². The fraction of sp³-hybridized carbons (Fsp3) is 0.452. The summed E-state index contributed by atoms with van der Waals surface area (Å²) in [4.78, 5) is 27.4. The van der Waals surface area contributed by atoms with E-state index in [0.29, 0.717) is 90.3 Å². The molecule has 0 saturated heterocycles. The maximum atomic E-state index is 12.6. The lowest BCUT2D eigenvalue weighted by Crippen LogP contribution is -2.27. The number of aryl methyl sites for hydroxylation is 1. The van der Waals surface area contributed by atoms with Crippen LogP contribution in [0.15, 0.2) is 47.5 Å². The molecule has 0 bridgehead atoms. The minimum Gasteiger partial charge on any atom is -0.377 e. The van der Waals surface area contributed by atoms with Crippen LogP contribution in [0.25, 0.3) is 10.9 Å². The van der Waals surface area contributed by atoms with Gasteiger partial charge in [0.2, 0.25) is 5.91 Å². The molecule has 238 valence electrons. The van der Waals surface area contributed by atoms with Crippen LogP contribution in [-0.4, -0.2) is 96.0 Å². The molecule has 3 aromatic rings. The molecule has 0 unspecified atom stereocenters. The van der Waals surface area contributed by atoms with Crippen LogP contribution in [0.1, 0.15) is 28.4 Å². The molecular weight excluding hydrogens is 586 g/mol. The fourth-order valence-electron chi connectivity index (χ4n) is 4.03. The van der Waals surface area contributed by atoms with Gasteiger partial charge in [-0.05, 0) is 48.7 Å². The smallest absolute Gasteiger partial charge is 0.251 e. The number of aromatic amines is 1. The molecular formula is C31H41N5O7S. The number of nitrogens with one attached hydrogen (secondary N) is 4. The molecule has 0 radical (unpaired) electrons. The second-order valence-electron chi connectivity index (χ2n) is 9.53. The van der Waals surface area contributed by atoms with Gasteiger partial charge in [-0.2, -0.15) is 5.26 Å². The number of H-pyrrole nitrogens is 1. The molecule has 0 aliphatic carbocycles. The second kappa shape index (κ2) is 20.3. The third kappa shape index (κ3) is 12.5. The number of fused-ring (bicyclic) bond motifs is 1. The fourth-order valence-corrected chi connectivity index (χ4v) is 4.76. The summed E-state index contributed by atoms with van der Waals surface area (Å²) in [5.74, 6) is -0.248. The first-order valence-corrected chi connectivity index (χ1v) is 15.3. The number of hydrogen-bond donors (Lipinski definition) is 4. The van der Waals surface area contributed by atoms with Crippen molar-refractivity contribution in [1.82, 2.24) is 15.6 Å². The van der Waals surface area contributed by atoms with Gasteiger partial charge in [0, 0.05) is 42.1 Å². The van der Waals surface area contributed by atoms with Gasteiger partial charge in [-0.15, -0.1) is 0 Å². The highest BCUT2D eigenvalue weighted by atomic mass is 32.2. The van der Waals surface area contributed by atoms with Crippen LogP contribution in [-0.2, 0) is 28.5 Å². The Labute approximate surface area is 262 Å². The van der Waals surface area contributed by atoms with E-state index in [4.69, 9.17) is 23.7 Å². The number of anilines is 1. The van der Waals surface area contributed by atoms with Crippen molar-refractivity contribution in [3.05, 3.63) is 59.3 Å². The van der Waals surface area contributed by atoms with Gasteiger partial charge in [0.1, 0.15) is 6.07 Å². The summed E-state index contributed by atoms with van der Waals surface area (Å²) in [5, 5.41) is 15.8. The van der Waals surface area contributed by atoms with Crippen molar-refractivity contribution in [3.8, 4) is 6.07 Å². The van der Waals surface area contributed by atoms with Crippen LogP contribution in [0.3, 0.4) is 0 Å². The van der Waals surface area contributed by atoms with Crippen molar-refractivity contribution in [2.45, 2.75) is 18.7 Å². The van der Waals surface area contributed by atoms with E-state index in [1.807, 2.05) is 37.3 Å². The maximum Gasteiger partial charge on any atom is 0.251 e. The number of nitriles is 1. The Balaban J connectivity index is 1.18. The maximum absolute atomic E-state index is 12.6. The van der Waals surface area contributed by atoms with E-state index in [2.05, 4.69) is 26.4 Å². The molecule has 2 aromatic carbocycles. The number of carbonyl (C=O) groups excluding carboxylic acids is 2. The van der Waals surface area contributed by atoms with Gasteiger partial charge in [0.05, 0.1) is 82.8 Å². The Kier molecular flexibility index (Phi) is 16.1. The summed E-state index contributed by atoms with van der Waals surface area (Å²) in [7, 11) is 0. The number of rotatable bonds is 22. The summed E-state index contributed by atoms with van der Waals surface area (Å²) in [6.45, 7) is 8.81. The quantitative estimate of drug-likeness (QED) is 0.0962. The Hall–Kier alpha value is -3.64. The molecule has 1 aromatic heterocycles. The lowest BCUT2D eigenvalue weighted by atomic mass is 10.1. The SMILES string of the molecule is CC(=O)NCCOCCOCCOCCOCCOCCNC(=O)c1cccc(SNc2ccc(C)c3c(C#N)c[nH]c23)c1. The highest BCUT2D eigenvalue weighted by Gasteiger charge is 2.11. The first-order chi connectivity index (χ1) is 21.5. The summed E-state index contributed by atoms with van der Waals surface area (Å²) in [6, 6.07) is 13.5. The Morgan fingerprint density at radius 3 is 2.02 bits per heavy atom. The first kappa shape index (κ1) is 34.8. The largest absolute Gasteiger partial charge is 0.377 e. The van der Waals surface area contributed by atoms with E-state index in [1.165, 1.54) is 18.9 Å². The normalized spacial score (nSPS) is 10.9. The van der Waals surface area contributed by atoms with Gasteiger partial charge in [0.25, 0.3) is 5.91 Å². The van der Waals surface area contributed by atoms with Crippen molar-refractivity contribution in [3.63, 3.8) is 0 Å². The monoisotopic (exact) mass is 627 g/mol. The van der Waals surface area contributed by atoms with E-state index in [-0.39, 0.29) is 11.8 Å². The third-order valence-corrected chi connectivity index (χ3v) is 6.99. The average Bonchev–Trinajstić information content (AvgIpc) is 3.47. The van der Waals surface area contributed by atoms with E-state index >= 15 is 0 Å². The molecule has 3 rings (SSSR count). The summed E-state index contributed by atoms with van der Waals surface area (Å²) < 4.78 is 30.5. The van der Waals surface area contributed by atoms with Crippen molar-refractivity contribution < 1.29 is 33.3 Å². The van der Waals surface area contributed by atoms with Crippen LogP contribution < -0.4 is 15.4 Å². The Bertz CT molecular complexity index is 1360. The first-order valence-electron chi connectivity index (χ1n) is 14.4.